The van der Waals surface area contributed by atoms with Gasteiger partial charge in [0.25, 0.3) is 5.91 Å². The van der Waals surface area contributed by atoms with Gasteiger partial charge < -0.3 is 10.1 Å². The first-order valence-electron chi connectivity index (χ1n) is 10.4. The zero-order valence-corrected chi connectivity index (χ0v) is 17.3. The zero-order chi connectivity index (χ0) is 19.9. The number of ether oxygens (including phenoxy) is 1. The Hall–Kier alpha value is -2.33. The summed E-state index contributed by atoms with van der Waals surface area (Å²) < 4.78 is 5.47. The number of benzene rings is 2. The number of carbonyl (C=O) groups excluding carboxylic acids is 1. The molecule has 2 atom stereocenters. The first-order valence-corrected chi connectivity index (χ1v) is 10.4. The molecule has 3 rings (SSSR count). The molecule has 1 fully saturated rings. The molecule has 150 valence electrons. The molecule has 1 saturated heterocycles. The fraction of sp³-hybridized carbons (Fsp3) is 0.458. The van der Waals surface area contributed by atoms with E-state index in [-0.39, 0.29) is 11.9 Å². The molecule has 0 saturated carbocycles. The third-order valence-electron chi connectivity index (χ3n) is 5.40. The van der Waals surface area contributed by atoms with Crippen LogP contribution in [0.3, 0.4) is 0 Å². The Kier molecular flexibility index (Phi) is 7.10. The molecule has 2 unspecified atom stereocenters. The lowest BCUT2D eigenvalue weighted by molar-refractivity contribution is 0.0940. The smallest absolute Gasteiger partial charge is 0.251 e. The lowest BCUT2D eigenvalue weighted by atomic mass is 9.99. The van der Waals surface area contributed by atoms with Crippen LogP contribution in [-0.4, -0.2) is 30.5 Å². The van der Waals surface area contributed by atoms with Gasteiger partial charge in [0.15, 0.2) is 0 Å². The summed E-state index contributed by atoms with van der Waals surface area (Å²) in [7, 11) is 0. The highest BCUT2D eigenvalue weighted by atomic mass is 16.5. The molecule has 0 aromatic heterocycles. The molecule has 1 amide bonds. The molecule has 0 spiro atoms. The summed E-state index contributed by atoms with van der Waals surface area (Å²) in [5.74, 6) is 1.59. The van der Waals surface area contributed by atoms with Gasteiger partial charge in [-0.1, -0.05) is 31.2 Å². The molecule has 1 heterocycles. The summed E-state index contributed by atoms with van der Waals surface area (Å²) in [5, 5.41) is 3.08. The SMILES string of the molecule is CCOc1ccc(C(C)NC(=O)c2ccc(CN3CCCC(C)C3)cc2)cc1. The van der Waals surface area contributed by atoms with Crippen molar-refractivity contribution in [3.05, 3.63) is 65.2 Å². The van der Waals surface area contributed by atoms with Crippen molar-refractivity contribution < 1.29 is 9.53 Å². The highest BCUT2D eigenvalue weighted by Gasteiger charge is 2.16. The zero-order valence-electron chi connectivity index (χ0n) is 17.3. The third-order valence-corrected chi connectivity index (χ3v) is 5.40. The van der Waals surface area contributed by atoms with Gasteiger partial charge in [0, 0.05) is 18.7 Å². The van der Waals surface area contributed by atoms with Gasteiger partial charge in [-0.2, -0.15) is 0 Å². The lowest BCUT2D eigenvalue weighted by Gasteiger charge is -2.30. The van der Waals surface area contributed by atoms with Crippen LogP contribution >= 0.6 is 0 Å². The standard InChI is InChI=1S/C24H32N2O2/c1-4-28-23-13-11-21(12-14-23)19(3)25-24(27)22-9-7-20(8-10-22)17-26-15-5-6-18(2)16-26/h7-14,18-19H,4-6,15-17H2,1-3H3,(H,25,27). The van der Waals surface area contributed by atoms with Crippen molar-refractivity contribution in [1.82, 2.24) is 10.2 Å². The van der Waals surface area contributed by atoms with E-state index in [2.05, 4.69) is 29.3 Å². The van der Waals surface area contributed by atoms with Gasteiger partial charge in [0.1, 0.15) is 5.75 Å². The van der Waals surface area contributed by atoms with Crippen LogP contribution in [-0.2, 0) is 6.54 Å². The van der Waals surface area contributed by atoms with Crippen LogP contribution in [0.5, 0.6) is 5.75 Å². The van der Waals surface area contributed by atoms with Crippen molar-refractivity contribution in [3.63, 3.8) is 0 Å². The van der Waals surface area contributed by atoms with E-state index < -0.39 is 0 Å². The Morgan fingerprint density at radius 3 is 2.54 bits per heavy atom. The van der Waals surface area contributed by atoms with Crippen LogP contribution in [0.2, 0.25) is 0 Å². The number of rotatable bonds is 7. The van der Waals surface area contributed by atoms with Crippen LogP contribution in [0.15, 0.2) is 48.5 Å². The van der Waals surface area contributed by atoms with Gasteiger partial charge in [-0.25, -0.2) is 0 Å². The second kappa shape index (κ2) is 9.74. The monoisotopic (exact) mass is 380 g/mol. The molecule has 4 heteroatoms. The summed E-state index contributed by atoms with van der Waals surface area (Å²) in [4.78, 5) is 15.1. The van der Waals surface area contributed by atoms with Crippen molar-refractivity contribution in [2.75, 3.05) is 19.7 Å². The normalized spacial score (nSPS) is 18.5. The summed E-state index contributed by atoms with van der Waals surface area (Å²) in [6.45, 7) is 10.3. The molecular weight excluding hydrogens is 348 g/mol. The van der Waals surface area contributed by atoms with Gasteiger partial charge in [0.05, 0.1) is 12.6 Å². The molecule has 2 aromatic carbocycles. The molecule has 0 bridgehead atoms. The minimum atomic E-state index is -0.0577. The average Bonchev–Trinajstić information content (AvgIpc) is 2.69. The first kappa shape index (κ1) is 20.4. The Morgan fingerprint density at radius 1 is 1.18 bits per heavy atom. The number of hydrogen-bond donors (Lipinski definition) is 1. The van der Waals surface area contributed by atoms with Gasteiger partial charge >= 0.3 is 0 Å². The van der Waals surface area contributed by atoms with Crippen LogP contribution in [0.25, 0.3) is 0 Å². The minimum absolute atomic E-state index is 0.0421. The Bertz CT molecular complexity index is 755. The van der Waals surface area contributed by atoms with Gasteiger partial charge in [-0.05, 0) is 74.5 Å². The van der Waals surface area contributed by atoms with E-state index in [0.717, 1.165) is 23.8 Å². The van der Waals surface area contributed by atoms with Crippen LogP contribution in [0, 0.1) is 5.92 Å². The Morgan fingerprint density at radius 2 is 1.89 bits per heavy atom. The third kappa shape index (κ3) is 5.59. The van der Waals surface area contributed by atoms with Gasteiger partial charge in [-0.3, -0.25) is 9.69 Å². The van der Waals surface area contributed by atoms with Crippen molar-refractivity contribution in [3.8, 4) is 5.75 Å². The maximum absolute atomic E-state index is 12.6. The number of likely N-dealkylation sites (tertiary alicyclic amines) is 1. The summed E-state index contributed by atoms with van der Waals surface area (Å²) in [6, 6.07) is 15.8. The number of carbonyl (C=O) groups is 1. The highest BCUT2D eigenvalue weighted by molar-refractivity contribution is 5.94. The molecule has 1 N–H and O–H groups in total. The van der Waals surface area contributed by atoms with E-state index in [4.69, 9.17) is 4.74 Å². The summed E-state index contributed by atoms with van der Waals surface area (Å²) >= 11 is 0. The molecule has 1 aliphatic heterocycles. The van der Waals surface area contributed by atoms with Crippen molar-refractivity contribution >= 4 is 5.91 Å². The van der Waals surface area contributed by atoms with Gasteiger partial charge in [-0.15, -0.1) is 0 Å². The van der Waals surface area contributed by atoms with Crippen molar-refractivity contribution in [2.45, 2.75) is 46.2 Å². The fourth-order valence-corrected chi connectivity index (χ4v) is 3.83. The topological polar surface area (TPSA) is 41.6 Å². The predicted molar refractivity (Wildman–Crippen MR) is 114 cm³/mol. The molecule has 0 aliphatic carbocycles. The van der Waals surface area contributed by atoms with Crippen molar-refractivity contribution in [2.24, 2.45) is 5.92 Å². The van der Waals surface area contributed by atoms with E-state index in [1.807, 2.05) is 50.2 Å². The van der Waals surface area contributed by atoms with E-state index in [0.29, 0.717) is 12.2 Å². The quantitative estimate of drug-likeness (QED) is 0.750. The molecular formula is C24H32N2O2. The largest absolute Gasteiger partial charge is 0.494 e. The molecule has 1 aliphatic rings. The number of nitrogens with one attached hydrogen (secondary N) is 1. The molecule has 4 nitrogen and oxygen atoms in total. The average molecular weight is 381 g/mol. The van der Waals surface area contributed by atoms with E-state index in [9.17, 15) is 4.79 Å². The lowest BCUT2D eigenvalue weighted by Crippen LogP contribution is -2.33. The maximum atomic E-state index is 12.6. The van der Waals surface area contributed by atoms with Crippen LogP contribution in [0.4, 0.5) is 0 Å². The first-order chi connectivity index (χ1) is 13.5. The molecule has 28 heavy (non-hydrogen) atoms. The summed E-state index contributed by atoms with van der Waals surface area (Å²) in [5.41, 5.74) is 3.03. The molecule has 0 radical (unpaired) electrons. The van der Waals surface area contributed by atoms with Crippen LogP contribution in [0.1, 0.15) is 61.1 Å². The van der Waals surface area contributed by atoms with Gasteiger partial charge in [0.2, 0.25) is 0 Å². The second-order valence-electron chi connectivity index (χ2n) is 7.88. The van der Waals surface area contributed by atoms with Crippen LogP contribution < -0.4 is 10.1 Å². The maximum Gasteiger partial charge on any atom is 0.251 e. The number of amides is 1. The minimum Gasteiger partial charge on any atom is -0.494 e. The number of piperidine rings is 1. The number of hydrogen-bond acceptors (Lipinski definition) is 3. The van der Waals surface area contributed by atoms with E-state index in [1.54, 1.807) is 0 Å². The number of nitrogens with zero attached hydrogens (tertiary/aromatic N) is 1. The predicted octanol–water partition coefficient (Wildman–Crippen LogP) is 4.81. The Balaban J connectivity index is 1.55. The molecule has 2 aromatic rings. The fourth-order valence-electron chi connectivity index (χ4n) is 3.83. The summed E-state index contributed by atoms with van der Waals surface area (Å²) in [6.07, 6.45) is 2.62. The van der Waals surface area contributed by atoms with E-state index in [1.165, 1.54) is 31.5 Å². The van der Waals surface area contributed by atoms with Crippen molar-refractivity contribution in [1.29, 1.82) is 0 Å². The Labute approximate surface area is 168 Å². The highest BCUT2D eigenvalue weighted by Crippen LogP contribution is 2.20. The second-order valence-corrected chi connectivity index (χ2v) is 7.88. The van der Waals surface area contributed by atoms with E-state index >= 15 is 0 Å².